The Morgan fingerprint density at radius 2 is 2.00 bits per heavy atom. The van der Waals surface area contributed by atoms with E-state index in [1.54, 1.807) is 11.9 Å². The summed E-state index contributed by atoms with van der Waals surface area (Å²) < 4.78 is 0. The van der Waals surface area contributed by atoms with E-state index in [2.05, 4.69) is 15.4 Å². The van der Waals surface area contributed by atoms with Crippen molar-refractivity contribution in [1.29, 1.82) is 0 Å². The van der Waals surface area contributed by atoms with Crippen molar-refractivity contribution in [3.63, 3.8) is 0 Å². The van der Waals surface area contributed by atoms with E-state index < -0.39 is 0 Å². The molecule has 0 aromatic rings. The van der Waals surface area contributed by atoms with Gasteiger partial charge in [0, 0.05) is 0 Å². The van der Waals surface area contributed by atoms with E-state index in [-0.39, 0.29) is 0 Å². The van der Waals surface area contributed by atoms with Crippen LogP contribution in [-0.2, 0) is 0 Å². The Balaban J connectivity index is 3.17. The zero-order chi connectivity index (χ0) is 4.83. The highest BCUT2D eigenvalue weighted by Crippen LogP contribution is 1.67. The van der Waals surface area contributed by atoms with Gasteiger partial charge in [0.25, 0.3) is 0 Å². The SMILES string of the molecule is C=CC=CC=P. The van der Waals surface area contributed by atoms with Crippen LogP contribution in [0.3, 0.4) is 0 Å². The standard InChI is InChI=1S/C5H7P/c1-2-3-4-5-6/h2-6H,1H2. The van der Waals surface area contributed by atoms with Crippen molar-refractivity contribution in [2.45, 2.75) is 0 Å². The lowest BCUT2D eigenvalue weighted by Gasteiger charge is -1.60. The van der Waals surface area contributed by atoms with E-state index in [9.17, 15) is 0 Å². The van der Waals surface area contributed by atoms with Gasteiger partial charge in [-0.2, -0.15) is 0 Å². The van der Waals surface area contributed by atoms with Gasteiger partial charge in [-0.05, 0) is 5.80 Å². The van der Waals surface area contributed by atoms with Crippen LogP contribution in [0.4, 0.5) is 0 Å². The fourth-order valence-electron chi connectivity index (χ4n) is 0.134. The summed E-state index contributed by atoms with van der Waals surface area (Å²) in [6, 6.07) is 0. The normalized spacial score (nSPS) is 8.67. The Labute approximate surface area is 40.4 Å². The summed E-state index contributed by atoms with van der Waals surface area (Å²) in [6.45, 7) is 3.47. The molecule has 0 spiro atoms. The Kier molecular flexibility index (Phi) is 4.38. The summed E-state index contributed by atoms with van der Waals surface area (Å²) >= 11 is 0. The smallest absolute Gasteiger partial charge is 0.0420 e. The molecule has 0 radical (unpaired) electrons. The number of allylic oxidation sites excluding steroid dienone is 3. The molecule has 6 heavy (non-hydrogen) atoms. The molecule has 0 rings (SSSR count). The lowest BCUT2D eigenvalue weighted by molar-refractivity contribution is 2.10. The van der Waals surface area contributed by atoms with Crippen LogP contribution in [-0.4, -0.2) is 5.80 Å². The van der Waals surface area contributed by atoms with Gasteiger partial charge < -0.3 is 0 Å². The van der Waals surface area contributed by atoms with Gasteiger partial charge in [0.2, 0.25) is 0 Å². The van der Waals surface area contributed by atoms with Crippen LogP contribution in [0.2, 0.25) is 0 Å². The average Bonchev–Trinajstić information content (AvgIpc) is 1.61. The van der Waals surface area contributed by atoms with Crippen molar-refractivity contribution in [1.82, 2.24) is 0 Å². The van der Waals surface area contributed by atoms with Gasteiger partial charge in [0.05, 0.1) is 0 Å². The quantitative estimate of drug-likeness (QED) is 0.364. The van der Waals surface area contributed by atoms with Crippen molar-refractivity contribution in [2.24, 2.45) is 0 Å². The Hall–Kier alpha value is -0.350. The van der Waals surface area contributed by atoms with Gasteiger partial charge in [0.1, 0.15) is 0 Å². The van der Waals surface area contributed by atoms with E-state index in [0.29, 0.717) is 0 Å². The number of rotatable bonds is 2. The summed E-state index contributed by atoms with van der Waals surface area (Å²) in [7, 11) is 3.13. The highest BCUT2D eigenvalue weighted by atomic mass is 31.0. The van der Waals surface area contributed by atoms with Crippen LogP contribution in [0.15, 0.2) is 24.8 Å². The van der Waals surface area contributed by atoms with E-state index in [0.717, 1.165) is 0 Å². The first-order valence-electron chi connectivity index (χ1n) is 1.70. The molecule has 0 fully saturated rings. The van der Waals surface area contributed by atoms with Crippen LogP contribution in [0.1, 0.15) is 0 Å². The molecule has 0 amide bonds. The van der Waals surface area contributed by atoms with E-state index >= 15 is 0 Å². The van der Waals surface area contributed by atoms with Crippen LogP contribution >= 0.6 is 8.86 Å². The number of hydrogen-bond acceptors (Lipinski definition) is 0. The first-order chi connectivity index (χ1) is 2.91. The lowest BCUT2D eigenvalue weighted by Crippen LogP contribution is -1.46. The highest BCUT2D eigenvalue weighted by molar-refractivity contribution is 7.18. The first kappa shape index (κ1) is 5.65. The summed E-state index contributed by atoms with van der Waals surface area (Å²) in [6.07, 6.45) is 5.41. The van der Waals surface area contributed by atoms with Crippen molar-refractivity contribution in [2.75, 3.05) is 0 Å². The molecule has 0 nitrogen and oxygen atoms in total. The zero-order valence-corrected chi connectivity index (χ0v) is 4.52. The molecule has 0 atom stereocenters. The molecule has 1 heteroatoms. The summed E-state index contributed by atoms with van der Waals surface area (Å²) in [5, 5.41) is 0. The second kappa shape index (κ2) is 4.65. The Morgan fingerprint density at radius 1 is 1.33 bits per heavy atom. The topological polar surface area (TPSA) is 0 Å². The first-order valence-corrected chi connectivity index (χ1v) is 2.27. The van der Waals surface area contributed by atoms with Gasteiger partial charge in [-0.1, -0.05) is 24.8 Å². The van der Waals surface area contributed by atoms with Crippen molar-refractivity contribution >= 4 is 14.7 Å². The molecule has 0 aromatic carbocycles. The molecule has 0 bridgehead atoms. The lowest BCUT2D eigenvalue weighted by atomic mass is 10.5. The van der Waals surface area contributed by atoms with Crippen molar-refractivity contribution < 1.29 is 0 Å². The third kappa shape index (κ3) is 3.65. The van der Waals surface area contributed by atoms with E-state index in [1.165, 1.54) is 0 Å². The minimum atomic E-state index is 1.72. The predicted octanol–water partition coefficient (Wildman–Crippen LogP) is 1.67. The largest absolute Gasteiger partial charge is 0.122 e. The molecule has 32 valence electrons. The molecular weight excluding hydrogens is 91.0 g/mol. The van der Waals surface area contributed by atoms with Gasteiger partial charge in [-0.15, -0.1) is 8.86 Å². The second-order valence-corrected chi connectivity index (χ2v) is 1.12. The molecule has 0 saturated carbocycles. The highest BCUT2D eigenvalue weighted by Gasteiger charge is 1.47. The van der Waals surface area contributed by atoms with Gasteiger partial charge >= 0.3 is 0 Å². The maximum Gasteiger partial charge on any atom is -0.0420 e. The minimum Gasteiger partial charge on any atom is -0.122 e. The fourth-order valence-corrected chi connectivity index (χ4v) is 0.245. The predicted molar refractivity (Wildman–Crippen MR) is 33.7 cm³/mol. The monoisotopic (exact) mass is 98.0 g/mol. The van der Waals surface area contributed by atoms with Crippen LogP contribution in [0, 0.1) is 0 Å². The average molecular weight is 98.1 g/mol. The van der Waals surface area contributed by atoms with E-state index in [1.807, 2.05) is 12.2 Å². The van der Waals surface area contributed by atoms with Crippen LogP contribution < -0.4 is 0 Å². The van der Waals surface area contributed by atoms with E-state index in [4.69, 9.17) is 0 Å². The minimum absolute atomic E-state index is 1.72. The summed E-state index contributed by atoms with van der Waals surface area (Å²) in [4.78, 5) is 0. The van der Waals surface area contributed by atoms with Gasteiger partial charge in [-0.3, -0.25) is 0 Å². The molecule has 0 unspecified atom stereocenters. The Morgan fingerprint density at radius 3 is 2.17 bits per heavy atom. The van der Waals surface area contributed by atoms with Crippen LogP contribution in [0.5, 0.6) is 0 Å². The molecule has 0 aliphatic carbocycles. The summed E-state index contributed by atoms with van der Waals surface area (Å²) in [5.74, 6) is 1.77. The molecule has 0 heterocycles. The maximum atomic E-state index is 3.47. The van der Waals surface area contributed by atoms with Gasteiger partial charge in [0.15, 0.2) is 0 Å². The van der Waals surface area contributed by atoms with Crippen molar-refractivity contribution in [3.05, 3.63) is 24.8 Å². The van der Waals surface area contributed by atoms with Crippen molar-refractivity contribution in [3.8, 4) is 0 Å². The number of hydrogen-bond donors (Lipinski definition) is 0. The molecule has 0 N–H and O–H groups in total. The third-order valence-corrected chi connectivity index (χ3v) is 0.536. The zero-order valence-electron chi connectivity index (χ0n) is 3.52. The second-order valence-electron chi connectivity index (χ2n) is 0.787. The molecule has 0 aliphatic heterocycles. The summed E-state index contributed by atoms with van der Waals surface area (Å²) in [5.41, 5.74) is 0. The maximum absolute atomic E-state index is 3.47. The van der Waals surface area contributed by atoms with Gasteiger partial charge in [-0.25, -0.2) is 0 Å². The van der Waals surface area contributed by atoms with Crippen LogP contribution in [0.25, 0.3) is 0 Å². The molecular formula is C5H7P. The molecule has 0 aromatic heterocycles. The molecule has 0 saturated heterocycles. The Bertz CT molecular complexity index is 62.0. The molecule has 0 aliphatic rings. The fraction of sp³-hybridized carbons (Fsp3) is 0. The third-order valence-electron chi connectivity index (χ3n) is 0.343.